The number of aryl methyl sites for hydroxylation is 1. The molecule has 186 valence electrons. The van der Waals surface area contributed by atoms with Crippen molar-refractivity contribution in [3.8, 4) is 0 Å². The molecule has 0 fully saturated rings. The number of hydrogen-bond donors (Lipinski definition) is 1. The first-order valence-corrected chi connectivity index (χ1v) is 13.1. The Labute approximate surface area is 210 Å². The maximum atomic E-state index is 11.4. The van der Waals surface area contributed by atoms with Gasteiger partial charge in [-0.25, -0.2) is 0 Å². The third-order valence-electron chi connectivity index (χ3n) is 6.95. The average molecular weight is 474 g/mol. The summed E-state index contributed by atoms with van der Waals surface area (Å²) in [5, 5.41) is 11.4. The Bertz CT molecular complexity index is 729. The van der Waals surface area contributed by atoms with Gasteiger partial charge in [0.1, 0.15) is 12.1 Å². The maximum absolute atomic E-state index is 11.4. The van der Waals surface area contributed by atoms with Crippen molar-refractivity contribution < 1.29 is 22.0 Å². The van der Waals surface area contributed by atoms with Crippen LogP contribution in [0.4, 0.5) is 0 Å². The lowest BCUT2D eigenvalue weighted by Gasteiger charge is -2.41. The Morgan fingerprint density at radius 2 is 1.15 bits per heavy atom. The number of halogens is 1. The summed E-state index contributed by atoms with van der Waals surface area (Å²) in [7, 11) is 4.57. The number of benzene rings is 2. The highest BCUT2D eigenvalue weighted by Gasteiger charge is 2.36. The molecule has 0 aliphatic carbocycles. The second-order valence-corrected chi connectivity index (χ2v) is 10.2. The summed E-state index contributed by atoms with van der Waals surface area (Å²) in [6.07, 6.45) is 14.5. The number of aliphatic hydroxyl groups is 1. The van der Waals surface area contributed by atoms with Crippen molar-refractivity contribution in [2.75, 3.05) is 20.6 Å². The van der Waals surface area contributed by atoms with E-state index in [1.54, 1.807) is 0 Å². The largest absolute Gasteiger partial charge is 1.00 e. The summed E-state index contributed by atoms with van der Waals surface area (Å²) >= 11 is 0. The van der Waals surface area contributed by atoms with Crippen LogP contribution in [0.15, 0.2) is 54.6 Å². The fourth-order valence-electron chi connectivity index (χ4n) is 4.89. The number of aliphatic hydroxyl groups excluding tert-OH is 1. The number of unbranched alkanes of at least 4 members (excludes halogenated alkanes) is 10. The van der Waals surface area contributed by atoms with E-state index in [0.29, 0.717) is 0 Å². The van der Waals surface area contributed by atoms with Crippen LogP contribution in [0.5, 0.6) is 0 Å². The molecule has 2 atom stereocenters. The summed E-state index contributed by atoms with van der Waals surface area (Å²) in [6.45, 7) is 5.46. The van der Waals surface area contributed by atoms with Crippen LogP contribution in [0.3, 0.4) is 0 Å². The minimum Gasteiger partial charge on any atom is -1.00 e. The molecule has 2 aromatic carbocycles. The fraction of sp³-hybridized carbons (Fsp3) is 0.600. The Kier molecular flexibility index (Phi) is 14.7. The first kappa shape index (κ1) is 29.7. The zero-order valence-electron chi connectivity index (χ0n) is 21.6. The van der Waals surface area contributed by atoms with Crippen LogP contribution < -0.4 is 12.4 Å². The van der Waals surface area contributed by atoms with E-state index >= 15 is 0 Å². The van der Waals surface area contributed by atoms with Crippen LogP contribution in [0, 0.1) is 6.92 Å². The van der Waals surface area contributed by atoms with E-state index in [-0.39, 0.29) is 18.4 Å². The zero-order chi connectivity index (χ0) is 23.2. The molecule has 3 heteroatoms. The van der Waals surface area contributed by atoms with Crippen molar-refractivity contribution in [1.82, 2.24) is 0 Å². The predicted molar refractivity (Wildman–Crippen MR) is 139 cm³/mol. The highest BCUT2D eigenvalue weighted by atomic mass is 35.5. The van der Waals surface area contributed by atoms with Gasteiger partial charge in [0, 0.05) is 5.56 Å². The van der Waals surface area contributed by atoms with Gasteiger partial charge in [0.15, 0.2) is 0 Å². The van der Waals surface area contributed by atoms with E-state index in [1.165, 1.54) is 81.8 Å². The highest BCUT2D eigenvalue weighted by Crippen LogP contribution is 2.37. The molecular weight excluding hydrogens is 426 g/mol. The lowest BCUT2D eigenvalue weighted by atomic mass is 9.92. The molecule has 33 heavy (non-hydrogen) atoms. The Hall–Kier alpha value is -1.35. The van der Waals surface area contributed by atoms with Crippen LogP contribution in [0.2, 0.25) is 0 Å². The van der Waals surface area contributed by atoms with Gasteiger partial charge in [0.25, 0.3) is 0 Å². The molecule has 0 radical (unpaired) electrons. The molecule has 0 saturated carbocycles. The summed E-state index contributed by atoms with van der Waals surface area (Å²) in [6, 6.07) is 19.0. The minimum atomic E-state index is -0.513. The molecule has 0 aromatic heterocycles. The van der Waals surface area contributed by atoms with E-state index in [4.69, 9.17) is 0 Å². The Morgan fingerprint density at radius 1 is 0.667 bits per heavy atom. The van der Waals surface area contributed by atoms with Gasteiger partial charge in [0.2, 0.25) is 0 Å². The maximum Gasteiger partial charge on any atom is 0.145 e. The van der Waals surface area contributed by atoms with Gasteiger partial charge in [-0.3, -0.25) is 0 Å². The third-order valence-corrected chi connectivity index (χ3v) is 6.95. The van der Waals surface area contributed by atoms with Crippen LogP contribution in [0.1, 0.15) is 106 Å². The highest BCUT2D eigenvalue weighted by molar-refractivity contribution is 5.27. The molecule has 0 spiro atoms. The van der Waals surface area contributed by atoms with Gasteiger partial charge in [-0.2, -0.15) is 0 Å². The molecule has 2 aromatic rings. The van der Waals surface area contributed by atoms with E-state index < -0.39 is 6.10 Å². The van der Waals surface area contributed by atoms with Gasteiger partial charge >= 0.3 is 0 Å². The monoisotopic (exact) mass is 473 g/mol. The van der Waals surface area contributed by atoms with Crippen molar-refractivity contribution in [3.63, 3.8) is 0 Å². The minimum absolute atomic E-state index is 0. The molecule has 0 bridgehead atoms. The van der Waals surface area contributed by atoms with E-state index in [9.17, 15) is 5.11 Å². The smallest absolute Gasteiger partial charge is 0.145 e. The average Bonchev–Trinajstić information content (AvgIpc) is 2.78. The zero-order valence-corrected chi connectivity index (χ0v) is 22.4. The normalized spacial score (nSPS) is 13.4. The molecular formula is C30H48ClNO. The lowest BCUT2D eigenvalue weighted by Crippen LogP contribution is -3.00. The van der Waals surface area contributed by atoms with Crippen molar-refractivity contribution in [1.29, 1.82) is 0 Å². The van der Waals surface area contributed by atoms with Gasteiger partial charge in [-0.05, 0) is 25.3 Å². The number of hydrogen-bond acceptors (Lipinski definition) is 1. The van der Waals surface area contributed by atoms with Gasteiger partial charge in [-0.15, -0.1) is 0 Å². The van der Waals surface area contributed by atoms with Crippen LogP contribution >= 0.6 is 0 Å². The number of quaternary nitrogens is 1. The van der Waals surface area contributed by atoms with Gasteiger partial charge in [0.05, 0.1) is 20.6 Å². The van der Waals surface area contributed by atoms with Crippen molar-refractivity contribution in [2.24, 2.45) is 0 Å². The van der Waals surface area contributed by atoms with E-state index in [0.717, 1.165) is 16.6 Å². The summed E-state index contributed by atoms with van der Waals surface area (Å²) in [5.41, 5.74) is 3.45. The summed E-state index contributed by atoms with van der Waals surface area (Å²) in [5.74, 6) is 0. The molecule has 0 saturated heterocycles. The van der Waals surface area contributed by atoms with Crippen LogP contribution in [0.25, 0.3) is 0 Å². The number of likely N-dealkylation sites (N-methyl/N-ethyl adjacent to an activating group) is 1. The third kappa shape index (κ3) is 10.6. The molecule has 2 rings (SSSR count). The second-order valence-electron chi connectivity index (χ2n) is 10.2. The van der Waals surface area contributed by atoms with E-state index in [1.807, 2.05) is 0 Å². The molecule has 0 amide bonds. The molecule has 0 aliphatic heterocycles. The lowest BCUT2D eigenvalue weighted by molar-refractivity contribution is -0.926. The molecule has 2 nitrogen and oxygen atoms in total. The van der Waals surface area contributed by atoms with Crippen LogP contribution in [-0.2, 0) is 0 Å². The number of nitrogens with zero attached hydrogens (tertiary/aromatic N) is 1. The molecule has 0 heterocycles. The van der Waals surface area contributed by atoms with Gasteiger partial charge < -0.3 is 22.0 Å². The molecule has 0 aliphatic rings. The first-order valence-electron chi connectivity index (χ1n) is 13.1. The Balaban J connectivity index is 0.00000544. The molecule has 1 N–H and O–H groups in total. The van der Waals surface area contributed by atoms with Crippen molar-refractivity contribution in [3.05, 3.63) is 71.3 Å². The van der Waals surface area contributed by atoms with Gasteiger partial charge in [-0.1, -0.05) is 125 Å². The quantitative estimate of drug-likeness (QED) is 0.263. The molecule has 2 unspecified atom stereocenters. The standard InChI is InChI=1S/C30H48NO.ClH/c1-5-6-7-8-9-10-11-12-13-14-18-25-31(3,4)29(27-19-16-15-17-20-27)30(32)28-23-21-26(2)22-24-28;/h15-17,19-24,29-30,32H,5-14,18,25H2,1-4H3;1H/q+1;/p-1. The first-order chi connectivity index (χ1) is 15.5. The predicted octanol–water partition coefficient (Wildman–Crippen LogP) is 5.16. The SMILES string of the molecule is CCCCCCCCCCCCC[N+](C)(C)C(c1ccccc1)C(O)c1ccc(C)cc1.[Cl-]. The summed E-state index contributed by atoms with van der Waals surface area (Å²) < 4.78 is 0.802. The van der Waals surface area contributed by atoms with Crippen molar-refractivity contribution in [2.45, 2.75) is 96.6 Å². The second kappa shape index (κ2) is 16.3. The number of rotatable bonds is 16. The topological polar surface area (TPSA) is 20.2 Å². The summed E-state index contributed by atoms with van der Waals surface area (Å²) in [4.78, 5) is 0. The fourth-order valence-corrected chi connectivity index (χ4v) is 4.89. The Morgan fingerprint density at radius 3 is 1.67 bits per heavy atom. The van der Waals surface area contributed by atoms with Crippen LogP contribution in [-0.4, -0.2) is 30.2 Å². The van der Waals surface area contributed by atoms with E-state index in [2.05, 4.69) is 82.5 Å². The van der Waals surface area contributed by atoms with Crippen molar-refractivity contribution >= 4 is 0 Å².